The molecule has 0 aliphatic heterocycles. The maximum atomic E-state index is 12.2. The second kappa shape index (κ2) is 5.86. The van der Waals surface area contributed by atoms with Gasteiger partial charge in [0.15, 0.2) is 0 Å². The zero-order chi connectivity index (χ0) is 14.6. The van der Waals surface area contributed by atoms with Gasteiger partial charge in [-0.25, -0.2) is 4.79 Å². The monoisotopic (exact) mass is 277 g/mol. The third-order valence-electron chi connectivity index (χ3n) is 2.51. The Kier molecular flexibility index (Phi) is 4.17. The summed E-state index contributed by atoms with van der Waals surface area (Å²) in [6.45, 7) is 6.18. The molecule has 0 radical (unpaired) electrons. The summed E-state index contributed by atoms with van der Waals surface area (Å²) in [5.41, 5.74) is -0.540. The number of hydrogen-bond donors (Lipinski definition) is 0. The summed E-state index contributed by atoms with van der Waals surface area (Å²) in [6, 6.07) is 7.21. The molecule has 0 saturated carbocycles. The van der Waals surface area contributed by atoms with Crippen molar-refractivity contribution in [2.75, 3.05) is 0 Å². The topological polar surface area (TPSA) is 55.8 Å². The summed E-state index contributed by atoms with van der Waals surface area (Å²) in [6.07, 6.45) is 2.76. The number of nitrogens with zero attached hydrogens (tertiary/aromatic N) is 1. The van der Waals surface area contributed by atoms with Crippen LogP contribution in [0.15, 0.2) is 45.6 Å². The van der Waals surface area contributed by atoms with Gasteiger partial charge in [0.2, 0.25) is 0 Å². The Hall–Kier alpha value is -2.17. The van der Waals surface area contributed by atoms with Crippen LogP contribution in [0.25, 0.3) is 0 Å². The van der Waals surface area contributed by atoms with Gasteiger partial charge in [0.25, 0.3) is 0 Å². The van der Waals surface area contributed by atoms with Crippen molar-refractivity contribution in [2.24, 2.45) is 0 Å². The minimum atomic E-state index is -0.540. The van der Waals surface area contributed by atoms with E-state index in [2.05, 4.69) is 0 Å². The lowest BCUT2D eigenvalue weighted by atomic mass is 10.2. The SMILES string of the molecule is CC(C)(C)OC(=O)N(Cc1ccco1)Cc1ccco1. The lowest BCUT2D eigenvalue weighted by Gasteiger charge is -2.26. The van der Waals surface area contributed by atoms with Crippen LogP contribution in [0.3, 0.4) is 0 Å². The van der Waals surface area contributed by atoms with Gasteiger partial charge in [0.1, 0.15) is 17.1 Å². The molecule has 1 amide bonds. The summed E-state index contributed by atoms with van der Waals surface area (Å²) in [5, 5.41) is 0. The van der Waals surface area contributed by atoms with E-state index < -0.39 is 11.7 Å². The Balaban J connectivity index is 2.08. The van der Waals surface area contributed by atoms with Gasteiger partial charge in [-0.2, -0.15) is 0 Å². The van der Waals surface area contributed by atoms with Crippen molar-refractivity contribution >= 4 is 6.09 Å². The van der Waals surface area contributed by atoms with E-state index in [1.54, 1.807) is 29.6 Å². The normalized spacial score (nSPS) is 11.3. The molecule has 5 heteroatoms. The molecular weight excluding hydrogens is 258 g/mol. The van der Waals surface area contributed by atoms with Gasteiger partial charge in [-0.1, -0.05) is 0 Å². The molecule has 20 heavy (non-hydrogen) atoms. The second-order valence-corrected chi connectivity index (χ2v) is 5.50. The van der Waals surface area contributed by atoms with Gasteiger partial charge in [-0.15, -0.1) is 0 Å². The average molecular weight is 277 g/mol. The van der Waals surface area contributed by atoms with Crippen molar-refractivity contribution in [1.82, 2.24) is 4.90 Å². The predicted octanol–water partition coefficient (Wildman–Crippen LogP) is 3.81. The summed E-state index contributed by atoms with van der Waals surface area (Å²) in [7, 11) is 0. The lowest BCUT2D eigenvalue weighted by molar-refractivity contribution is 0.0190. The Bertz CT molecular complexity index is 486. The van der Waals surface area contributed by atoms with Crippen molar-refractivity contribution in [3.05, 3.63) is 48.3 Å². The number of carbonyl (C=O) groups excluding carboxylic acids is 1. The van der Waals surface area contributed by atoms with E-state index in [0.717, 1.165) is 0 Å². The minimum absolute atomic E-state index is 0.336. The molecule has 0 unspecified atom stereocenters. The van der Waals surface area contributed by atoms with E-state index in [0.29, 0.717) is 24.6 Å². The quantitative estimate of drug-likeness (QED) is 0.852. The number of furan rings is 2. The molecule has 0 aliphatic rings. The maximum absolute atomic E-state index is 12.2. The molecule has 108 valence electrons. The van der Waals surface area contributed by atoms with Gasteiger partial charge in [0, 0.05) is 0 Å². The molecule has 0 spiro atoms. The molecule has 2 rings (SSSR count). The molecule has 2 heterocycles. The Morgan fingerprint density at radius 3 is 1.95 bits per heavy atom. The summed E-state index contributed by atoms with van der Waals surface area (Å²) >= 11 is 0. The van der Waals surface area contributed by atoms with Crippen molar-refractivity contribution in [2.45, 2.75) is 39.5 Å². The highest BCUT2D eigenvalue weighted by molar-refractivity contribution is 5.68. The van der Waals surface area contributed by atoms with E-state index in [9.17, 15) is 4.79 Å². The van der Waals surface area contributed by atoms with Crippen LogP contribution in [-0.2, 0) is 17.8 Å². The molecule has 0 aromatic carbocycles. The molecule has 2 aromatic rings. The Morgan fingerprint density at radius 2 is 1.60 bits per heavy atom. The van der Waals surface area contributed by atoms with Gasteiger partial charge in [-0.05, 0) is 45.0 Å². The molecule has 0 atom stereocenters. The molecular formula is C15H19NO4. The van der Waals surface area contributed by atoms with Crippen molar-refractivity contribution in [3.8, 4) is 0 Å². The first-order valence-electron chi connectivity index (χ1n) is 6.47. The van der Waals surface area contributed by atoms with Gasteiger partial charge in [-0.3, -0.25) is 4.90 Å². The molecule has 5 nitrogen and oxygen atoms in total. The van der Waals surface area contributed by atoms with Crippen molar-refractivity contribution in [3.63, 3.8) is 0 Å². The fourth-order valence-corrected chi connectivity index (χ4v) is 1.69. The van der Waals surface area contributed by atoms with E-state index in [1.807, 2.05) is 32.9 Å². The van der Waals surface area contributed by atoms with Crippen molar-refractivity contribution in [1.29, 1.82) is 0 Å². The highest BCUT2D eigenvalue weighted by atomic mass is 16.6. The van der Waals surface area contributed by atoms with Crippen LogP contribution in [0.5, 0.6) is 0 Å². The number of hydrogen-bond acceptors (Lipinski definition) is 4. The highest BCUT2D eigenvalue weighted by Gasteiger charge is 2.23. The fraction of sp³-hybridized carbons (Fsp3) is 0.400. The van der Waals surface area contributed by atoms with E-state index in [4.69, 9.17) is 13.6 Å². The molecule has 0 aliphatic carbocycles. The third kappa shape index (κ3) is 4.19. The number of rotatable bonds is 4. The molecule has 0 N–H and O–H groups in total. The van der Waals surface area contributed by atoms with Crippen LogP contribution in [0, 0.1) is 0 Å². The van der Waals surface area contributed by atoms with Crippen LogP contribution in [0.4, 0.5) is 4.79 Å². The third-order valence-corrected chi connectivity index (χ3v) is 2.51. The summed E-state index contributed by atoms with van der Waals surface area (Å²) < 4.78 is 16.0. The van der Waals surface area contributed by atoms with E-state index in [1.165, 1.54) is 0 Å². The van der Waals surface area contributed by atoms with Crippen molar-refractivity contribution < 1.29 is 18.4 Å². The number of carbonyl (C=O) groups is 1. The lowest BCUT2D eigenvalue weighted by Crippen LogP contribution is -2.35. The first-order chi connectivity index (χ1) is 9.44. The van der Waals surface area contributed by atoms with Crippen LogP contribution < -0.4 is 0 Å². The zero-order valence-corrected chi connectivity index (χ0v) is 12.0. The number of amides is 1. The zero-order valence-electron chi connectivity index (χ0n) is 12.0. The standard InChI is InChI=1S/C15H19NO4/c1-15(2,3)20-14(17)16(10-12-6-4-8-18-12)11-13-7-5-9-19-13/h4-9H,10-11H2,1-3H3. The van der Waals surface area contributed by atoms with E-state index in [-0.39, 0.29) is 0 Å². The molecule has 0 fully saturated rings. The van der Waals surface area contributed by atoms with Gasteiger partial charge >= 0.3 is 6.09 Å². The van der Waals surface area contributed by atoms with Gasteiger partial charge < -0.3 is 13.6 Å². The molecule has 0 saturated heterocycles. The van der Waals surface area contributed by atoms with Crippen LogP contribution in [0.2, 0.25) is 0 Å². The fourth-order valence-electron chi connectivity index (χ4n) is 1.69. The average Bonchev–Trinajstić information content (AvgIpc) is 2.98. The predicted molar refractivity (Wildman–Crippen MR) is 72.9 cm³/mol. The first kappa shape index (κ1) is 14.2. The second-order valence-electron chi connectivity index (χ2n) is 5.50. The number of ether oxygens (including phenoxy) is 1. The summed E-state index contributed by atoms with van der Waals surface area (Å²) in [5.74, 6) is 1.39. The highest BCUT2D eigenvalue weighted by Crippen LogP contribution is 2.16. The minimum Gasteiger partial charge on any atom is -0.467 e. The van der Waals surface area contributed by atoms with Gasteiger partial charge in [0.05, 0.1) is 25.6 Å². The van der Waals surface area contributed by atoms with Crippen LogP contribution in [0.1, 0.15) is 32.3 Å². The molecule has 2 aromatic heterocycles. The largest absolute Gasteiger partial charge is 0.467 e. The van der Waals surface area contributed by atoms with E-state index >= 15 is 0 Å². The first-order valence-corrected chi connectivity index (χ1v) is 6.47. The molecule has 0 bridgehead atoms. The maximum Gasteiger partial charge on any atom is 0.411 e. The van der Waals surface area contributed by atoms with Crippen LogP contribution >= 0.6 is 0 Å². The van der Waals surface area contributed by atoms with Crippen LogP contribution in [-0.4, -0.2) is 16.6 Å². The smallest absolute Gasteiger partial charge is 0.411 e. The summed E-state index contributed by atoms with van der Waals surface area (Å²) in [4.78, 5) is 13.8. The Morgan fingerprint density at radius 1 is 1.10 bits per heavy atom. The Labute approximate surface area is 118 Å².